The Labute approximate surface area is 133 Å². The van der Waals surface area contributed by atoms with E-state index >= 15 is 0 Å². The minimum Gasteiger partial charge on any atom is -0.484 e. The Morgan fingerprint density at radius 3 is 2.26 bits per heavy atom. The molecule has 2 aromatic carbocycles. The normalized spacial score (nSPS) is 10.0. The van der Waals surface area contributed by atoms with E-state index in [0.29, 0.717) is 17.9 Å². The molecular weight excluding hydrogens is 299 g/mol. The van der Waals surface area contributed by atoms with Crippen LogP contribution in [0, 0.1) is 5.82 Å². The van der Waals surface area contributed by atoms with Gasteiger partial charge in [0.1, 0.15) is 11.6 Å². The maximum atomic E-state index is 12.7. The molecule has 0 aromatic heterocycles. The van der Waals surface area contributed by atoms with Crippen molar-refractivity contribution in [3.05, 3.63) is 59.9 Å². The number of rotatable bonds is 6. The quantitative estimate of drug-likeness (QED) is 0.858. The third-order valence-electron chi connectivity index (χ3n) is 3.06. The van der Waals surface area contributed by atoms with Gasteiger partial charge in [-0.3, -0.25) is 9.59 Å². The lowest BCUT2D eigenvalue weighted by molar-refractivity contribution is -0.120. The van der Waals surface area contributed by atoms with Crippen LogP contribution in [0.25, 0.3) is 0 Å². The van der Waals surface area contributed by atoms with Gasteiger partial charge in [0.25, 0.3) is 5.91 Å². The molecule has 120 valence electrons. The second-order valence-corrected chi connectivity index (χ2v) is 4.84. The fourth-order valence-corrected chi connectivity index (χ4v) is 1.86. The lowest BCUT2D eigenvalue weighted by Crippen LogP contribution is -2.21. The molecule has 0 atom stereocenters. The highest BCUT2D eigenvalue weighted by Crippen LogP contribution is 2.12. The molecule has 0 heterocycles. The van der Waals surface area contributed by atoms with E-state index in [4.69, 9.17) is 4.74 Å². The molecule has 0 spiro atoms. The van der Waals surface area contributed by atoms with E-state index in [1.54, 1.807) is 31.3 Å². The molecule has 2 aromatic rings. The Morgan fingerprint density at radius 2 is 1.65 bits per heavy atom. The lowest BCUT2D eigenvalue weighted by atomic mass is 10.1. The van der Waals surface area contributed by atoms with Gasteiger partial charge in [-0.05, 0) is 42.0 Å². The minimum atomic E-state index is -0.362. The minimum absolute atomic E-state index is 0.0746. The summed E-state index contributed by atoms with van der Waals surface area (Å²) >= 11 is 0. The van der Waals surface area contributed by atoms with Crippen molar-refractivity contribution in [1.82, 2.24) is 5.32 Å². The second kappa shape index (κ2) is 7.93. The van der Waals surface area contributed by atoms with Crippen molar-refractivity contribution in [2.75, 3.05) is 19.0 Å². The first kappa shape index (κ1) is 16.5. The van der Waals surface area contributed by atoms with Crippen molar-refractivity contribution in [3.8, 4) is 5.75 Å². The van der Waals surface area contributed by atoms with Crippen LogP contribution >= 0.6 is 0 Å². The van der Waals surface area contributed by atoms with Gasteiger partial charge in [-0.15, -0.1) is 0 Å². The molecule has 0 aliphatic rings. The third-order valence-corrected chi connectivity index (χ3v) is 3.06. The van der Waals surface area contributed by atoms with Crippen LogP contribution in [0.15, 0.2) is 48.5 Å². The Bertz CT molecular complexity index is 669. The van der Waals surface area contributed by atoms with Crippen LogP contribution in [0.2, 0.25) is 0 Å². The predicted octanol–water partition coefficient (Wildman–Crippen LogP) is 2.13. The van der Waals surface area contributed by atoms with E-state index in [9.17, 15) is 14.0 Å². The van der Waals surface area contributed by atoms with E-state index < -0.39 is 0 Å². The predicted molar refractivity (Wildman–Crippen MR) is 84.7 cm³/mol. The highest BCUT2D eigenvalue weighted by atomic mass is 19.1. The summed E-state index contributed by atoms with van der Waals surface area (Å²) in [7, 11) is 1.58. The molecule has 0 aliphatic carbocycles. The molecule has 2 N–H and O–H groups in total. The van der Waals surface area contributed by atoms with E-state index in [2.05, 4.69) is 10.6 Å². The van der Waals surface area contributed by atoms with Crippen molar-refractivity contribution in [3.63, 3.8) is 0 Å². The lowest BCUT2D eigenvalue weighted by Gasteiger charge is -2.08. The van der Waals surface area contributed by atoms with Gasteiger partial charge >= 0.3 is 0 Å². The Balaban J connectivity index is 1.82. The van der Waals surface area contributed by atoms with E-state index in [-0.39, 0.29) is 24.2 Å². The van der Waals surface area contributed by atoms with Gasteiger partial charge in [-0.1, -0.05) is 12.1 Å². The average Bonchev–Trinajstić information content (AvgIpc) is 2.56. The van der Waals surface area contributed by atoms with Crippen LogP contribution in [0.5, 0.6) is 5.75 Å². The van der Waals surface area contributed by atoms with Crippen molar-refractivity contribution in [2.45, 2.75) is 6.42 Å². The van der Waals surface area contributed by atoms with Crippen molar-refractivity contribution < 1.29 is 18.7 Å². The van der Waals surface area contributed by atoms with Gasteiger partial charge < -0.3 is 15.4 Å². The van der Waals surface area contributed by atoms with Crippen LogP contribution < -0.4 is 15.4 Å². The summed E-state index contributed by atoms with van der Waals surface area (Å²) in [5.41, 5.74) is 1.46. The zero-order chi connectivity index (χ0) is 16.7. The number of nitrogens with one attached hydrogen (secondary N) is 2. The first-order valence-corrected chi connectivity index (χ1v) is 7.04. The molecule has 0 unspecified atom stereocenters. The Hall–Kier alpha value is -2.89. The molecule has 0 saturated heterocycles. The monoisotopic (exact) mass is 316 g/mol. The number of hydrogen-bond acceptors (Lipinski definition) is 3. The van der Waals surface area contributed by atoms with Crippen LogP contribution in [0.1, 0.15) is 5.56 Å². The Kier molecular flexibility index (Phi) is 5.68. The van der Waals surface area contributed by atoms with Crippen molar-refractivity contribution >= 4 is 17.5 Å². The van der Waals surface area contributed by atoms with Gasteiger partial charge in [0.05, 0.1) is 6.42 Å². The summed E-state index contributed by atoms with van der Waals surface area (Å²) in [6.07, 6.45) is 0.290. The molecule has 0 saturated carbocycles. The number of carbonyl (C=O) groups is 2. The number of carbonyl (C=O) groups excluding carboxylic acids is 2. The van der Waals surface area contributed by atoms with Crippen LogP contribution in [-0.4, -0.2) is 25.5 Å². The third kappa shape index (κ3) is 5.43. The molecule has 2 amide bonds. The first-order chi connectivity index (χ1) is 11.1. The number of ether oxygens (including phenoxy) is 1. The molecule has 0 radical (unpaired) electrons. The maximum Gasteiger partial charge on any atom is 0.262 e. The molecule has 6 heteroatoms. The molecular formula is C17H17FN2O3. The first-order valence-electron chi connectivity index (χ1n) is 7.04. The van der Waals surface area contributed by atoms with E-state index in [1.165, 1.54) is 24.3 Å². The van der Waals surface area contributed by atoms with Gasteiger partial charge in [0.15, 0.2) is 6.61 Å². The zero-order valence-electron chi connectivity index (χ0n) is 12.6. The number of amides is 2. The van der Waals surface area contributed by atoms with Crippen LogP contribution in [0.4, 0.5) is 10.1 Å². The molecule has 0 aliphatic heterocycles. The number of benzene rings is 2. The summed E-state index contributed by atoms with van der Waals surface area (Å²) in [4.78, 5) is 23.1. The topological polar surface area (TPSA) is 67.4 Å². The highest BCUT2D eigenvalue weighted by molar-refractivity contribution is 5.91. The number of hydrogen-bond donors (Lipinski definition) is 2. The molecule has 0 bridgehead atoms. The van der Waals surface area contributed by atoms with E-state index in [1.807, 2.05) is 0 Å². The van der Waals surface area contributed by atoms with Gasteiger partial charge in [-0.25, -0.2) is 4.39 Å². The number of anilines is 1. The second-order valence-electron chi connectivity index (χ2n) is 4.84. The highest BCUT2D eigenvalue weighted by Gasteiger charge is 2.05. The fourth-order valence-electron chi connectivity index (χ4n) is 1.86. The molecule has 0 fully saturated rings. The summed E-state index contributed by atoms with van der Waals surface area (Å²) in [5.74, 6) is -0.344. The van der Waals surface area contributed by atoms with Crippen LogP contribution in [0.3, 0.4) is 0 Å². The summed E-state index contributed by atoms with van der Waals surface area (Å²) in [6, 6.07) is 12.4. The van der Waals surface area contributed by atoms with Crippen molar-refractivity contribution in [1.29, 1.82) is 0 Å². The Morgan fingerprint density at radius 1 is 1.00 bits per heavy atom. The average molecular weight is 316 g/mol. The number of halogens is 1. The molecule has 23 heavy (non-hydrogen) atoms. The van der Waals surface area contributed by atoms with Crippen LogP contribution in [-0.2, 0) is 16.0 Å². The molecule has 5 nitrogen and oxygen atoms in total. The smallest absolute Gasteiger partial charge is 0.262 e. The van der Waals surface area contributed by atoms with Gasteiger partial charge in [0.2, 0.25) is 5.91 Å². The fraction of sp³-hybridized carbons (Fsp3) is 0.176. The van der Waals surface area contributed by atoms with Gasteiger partial charge in [0, 0.05) is 12.7 Å². The largest absolute Gasteiger partial charge is 0.484 e. The summed E-state index contributed by atoms with van der Waals surface area (Å²) in [6.45, 7) is -0.175. The van der Waals surface area contributed by atoms with Crippen molar-refractivity contribution in [2.24, 2.45) is 0 Å². The maximum absolute atomic E-state index is 12.7. The van der Waals surface area contributed by atoms with E-state index in [0.717, 1.165) is 5.56 Å². The zero-order valence-corrected chi connectivity index (χ0v) is 12.6. The standard InChI is InChI=1S/C17H17FN2O3/c1-19-16(21)10-12-2-6-14(7-3-12)20-17(22)11-23-15-8-4-13(18)5-9-15/h2-9H,10-11H2,1H3,(H,19,21)(H,20,22). The van der Waals surface area contributed by atoms with Gasteiger partial charge in [-0.2, -0.15) is 0 Å². The SMILES string of the molecule is CNC(=O)Cc1ccc(NC(=O)COc2ccc(F)cc2)cc1. The number of likely N-dealkylation sites (N-methyl/N-ethyl adjacent to an activating group) is 1. The summed E-state index contributed by atoms with van der Waals surface area (Å²) < 4.78 is 18.0. The molecule has 2 rings (SSSR count). The summed E-state index contributed by atoms with van der Waals surface area (Å²) in [5, 5.41) is 5.23.